The fraction of sp³-hybridized carbons (Fsp3) is 0.944. The fourth-order valence-corrected chi connectivity index (χ4v) is 6.74. The second-order valence-corrected chi connectivity index (χ2v) is 8.20. The van der Waals surface area contributed by atoms with Crippen LogP contribution in [0.2, 0.25) is 0 Å². The zero-order chi connectivity index (χ0) is 15.5. The van der Waals surface area contributed by atoms with Crippen molar-refractivity contribution in [3.8, 4) is 0 Å². The van der Waals surface area contributed by atoms with E-state index in [4.69, 9.17) is 4.74 Å². The number of aliphatic hydroxyl groups excluding tert-OH is 1. The van der Waals surface area contributed by atoms with Gasteiger partial charge in [-0.2, -0.15) is 0 Å². The Kier molecular flexibility index (Phi) is 3.53. The second kappa shape index (κ2) is 5.20. The fourth-order valence-electron chi connectivity index (χ4n) is 6.74. The lowest BCUT2D eigenvalue weighted by molar-refractivity contribution is -0.229. The first kappa shape index (κ1) is 14.9. The number of hydrogen-bond acceptors (Lipinski definition) is 4. The summed E-state index contributed by atoms with van der Waals surface area (Å²) in [4.78, 5) is 14.3. The van der Waals surface area contributed by atoms with E-state index in [0.29, 0.717) is 23.7 Å². The van der Waals surface area contributed by atoms with Crippen LogP contribution in [-0.2, 0) is 9.53 Å². The molecule has 4 fully saturated rings. The molecule has 124 valence electrons. The number of esters is 1. The Bertz CT molecular complexity index is 465. The SMILES string of the molecule is CC(=O)O[C@H]1[C@@H]2C[C@@H](O)[C@@H]3CCCN4CCC[C@H]2[C@@]34C[C@@H]1C. The molecule has 4 rings (SSSR count). The number of rotatable bonds is 1. The summed E-state index contributed by atoms with van der Waals surface area (Å²) in [6.07, 6.45) is 6.61. The van der Waals surface area contributed by atoms with Crippen LogP contribution in [0, 0.1) is 23.7 Å². The summed E-state index contributed by atoms with van der Waals surface area (Å²) < 4.78 is 5.74. The van der Waals surface area contributed by atoms with Crippen LogP contribution in [0.4, 0.5) is 0 Å². The van der Waals surface area contributed by atoms with E-state index in [9.17, 15) is 9.90 Å². The Morgan fingerprint density at radius 3 is 2.59 bits per heavy atom. The summed E-state index contributed by atoms with van der Waals surface area (Å²) in [7, 11) is 0. The van der Waals surface area contributed by atoms with Gasteiger partial charge in [-0.15, -0.1) is 0 Å². The van der Waals surface area contributed by atoms with Crippen molar-refractivity contribution in [2.24, 2.45) is 23.7 Å². The van der Waals surface area contributed by atoms with Gasteiger partial charge < -0.3 is 9.84 Å². The van der Waals surface area contributed by atoms with Gasteiger partial charge in [0.1, 0.15) is 6.10 Å². The van der Waals surface area contributed by atoms with Crippen molar-refractivity contribution < 1.29 is 14.6 Å². The molecule has 2 saturated carbocycles. The summed E-state index contributed by atoms with van der Waals surface area (Å²) in [5.74, 6) is 1.62. The molecule has 0 aromatic heterocycles. The van der Waals surface area contributed by atoms with E-state index in [0.717, 1.165) is 12.8 Å². The lowest BCUT2D eigenvalue weighted by Crippen LogP contribution is -2.74. The van der Waals surface area contributed by atoms with Crippen LogP contribution in [0.1, 0.15) is 52.4 Å². The normalized spacial score (nSPS) is 51.0. The summed E-state index contributed by atoms with van der Waals surface area (Å²) in [5, 5.41) is 10.8. The molecule has 0 aromatic carbocycles. The van der Waals surface area contributed by atoms with E-state index < -0.39 is 0 Å². The van der Waals surface area contributed by atoms with Gasteiger partial charge in [-0.3, -0.25) is 9.69 Å². The largest absolute Gasteiger partial charge is 0.462 e. The number of nitrogens with zero attached hydrogens (tertiary/aromatic N) is 1. The predicted molar refractivity (Wildman–Crippen MR) is 83.2 cm³/mol. The van der Waals surface area contributed by atoms with Crippen molar-refractivity contribution in [1.29, 1.82) is 0 Å². The zero-order valence-corrected chi connectivity index (χ0v) is 13.8. The Morgan fingerprint density at radius 2 is 1.91 bits per heavy atom. The van der Waals surface area contributed by atoms with Crippen LogP contribution in [0.5, 0.6) is 0 Å². The molecule has 2 heterocycles. The van der Waals surface area contributed by atoms with Crippen molar-refractivity contribution >= 4 is 5.97 Å². The molecule has 1 spiro atoms. The molecule has 0 amide bonds. The summed E-state index contributed by atoms with van der Waals surface area (Å²) >= 11 is 0. The van der Waals surface area contributed by atoms with Crippen LogP contribution in [-0.4, -0.2) is 46.8 Å². The molecule has 2 aliphatic heterocycles. The topological polar surface area (TPSA) is 49.8 Å². The van der Waals surface area contributed by atoms with Gasteiger partial charge in [0.05, 0.1) is 6.10 Å². The number of carbonyl (C=O) groups is 1. The van der Waals surface area contributed by atoms with Crippen LogP contribution < -0.4 is 0 Å². The number of hydrogen-bond donors (Lipinski definition) is 1. The van der Waals surface area contributed by atoms with E-state index in [-0.39, 0.29) is 23.7 Å². The van der Waals surface area contributed by atoms with E-state index in [1.807, 2.05) is 0 Å². The highest BCUT2D eigenvalue weighted by Gasteiger charge is 2.65. The second-order valence-electron chi connectivity index (χ2n) is 8.20. The Morgan fingerprint density at radius 1 is 1.23 bits per heavy atom. The highest BCUT2D eigenvalue weighted by molar-refractivity contribution is 5.66. The molecule has 4 aliphatic rings. The van der Waals surface area contributed by atoms with E-state index >= 15 is 0 Å². The minimum atomic E-state index is -0.215. The summed E-state index contributed by atoms with van der Waals surface area (Å²) in [6.45, 7) is 6.16. The molecule has 1 N–H and O–H groups in total. The summed E-state index contributed by atoms with van der Waals surface area (Å²) in [5.41, 5.74) is 0.189. The molecule has 0 aromatic rings. The first-order valence-electron chi connectivity index (χ1n) is 9.14. The number of ether oxygens (including phenoxy) is 1. The lowest BCUT2D eigenvalue weighted by Gasteiger charge is -2.68. The third kappa shape index (κ3) is 1.92. The Hall–Kier alpha value is -0.610. The van der Waals surface area contributed by atoms with Crippen LogP contribution in [0.15, 0.2) is 0 Å². The lowest BCUT2D eigenvalue weighted by atomic mass is 9.47. The van der Waals surface area contributed by atoms with Gasteiger partial charge in [0.15, 0.2) is 0 Å². The zero-order valence-electron chi connectivity index (χ0n) is 13.8. The van der Waals surface area contributed by atoms with Crippen molar-refractivity contribution in [2.45, 2.75) is 70.1 Å². The van der Waals surface area contributed by atoms with Gasteiger partial charge in [0, 0.05) is 24.3 Å². The average molecular weight is 307 g/mol. The minimum absolute atomic E-state index is 0.00519. The number of piperidine rings is 2. The maximum Gasteiger partial charge on any atom is 0.302 e. The molecule has 7 atom stereocenters. The van der Waals surface area contributed by atoms with Crippen molar-refractivity contribution in [1.82, 2.24) is 4.90 Å². The molecule has 2 bridgehead atoms. The monoisotopic (exact) mass is 307 g/mol. The highest BCUT2D eigenvalue weighted by atomic mass is 16.5. The Balaban J connectivity index is 1.74. The first-order chi connectivity index (χ1) is 10.5. The van der Waals surface area contributed by atoms with Crippen molar-refractivity contribution in [2.75, 3.05) is 13.1 Å². The smallest absolute Gasteiger partial charge is 0.302 e. The van der Waals surface area contributed by atoms with E-state index in [1.165, 1.54) is 45.7 Å². The summed E-state index contributed by atoms with van der Waals surface area (Å²) in [6, 6.07) is 0. The third-order valence-electron chi connectivity index (χ3n) is 7.19. The molecular weight excluding hydrogens is 278 g/mol. The Labute approximate surface area is 133 Å². The van der Waals surface area contributed by atoms with Crippen LogP contribution >= 0.6 is 0 Å². The molecule has 4 nitrogen and oxygen atoms in total. The van der Waals surface area contributed by atoms with E-state index in [2.05, 4.69) is 11.8 Å². The van der Waals surface area contributed by atoms with Crippen LogP contribution in [0.25, 0.3) is 0 Å². The molecule has 0 radical (unpaired) electrons. The van der Waals surface area contributed by atoms with Gasteiger partial charge in [0.25, 0.3) is 0 Å². The quantitative estimate of drug-likeness (QED) is 0.755. The molecule has 22 heavy (non-hydrogen) atoms. The van der Waals surface area contributed by atoms with Crippen molar-refractivity contribution in [3.63, 3.8) is 0 Å². The third-order valence-corrected chi connectivity index (χ3v) is 7.19. The predicted octanol–water partition coefficient (Wildman–Crippen LogP) is 2.20. The highest BCUT2D eigenvalue weighted by Crippen LogP contribution is 2.60. The van der Waals surface area contributed by atoms with Gasteiger partial charge >= 0.3 is 5.97 Å². The first-order valence-corrected chi connectivity index (χ1v) is 9.14. The maximum atomic E-state index is 11.6. The average Bonchev–Trinajstić information content (AvgIpc) is 2.47. The number of aliphatic hydroxyl groups is 1. The van der Waals surface area contributed by atoms with Crippen molar-refractivity contribution in [3.05, 3.63) is 0 Å². The van der Waals surface area contributed by atoms with E-state index in [1.54, 1.807) is 0 Å². The standard InChI is InChI=1S/C18H29NO3/c1-11-10-18-14-5-3-7-19(18)8-4-6-15(18)16(21)9-13(14)17(11)22-12(2)20/h11,13-17,21H,3-10H2,1-2H3/t11-,13+,14+,15-,16+,17+,18-/m0/s1. The van der Waals surface area contributed by atoms with Gasteiger partial charge in [-0.05, 0) is 63.5 Å². The molecule has 2 saturated heterocycles. The maximum absolute atomic E-state index is 11.6. The molecule has 0 unspecified atom stereocenters. The van der Waals surface area contributed by atoms with Gasteiger partial charge in [-0.25, -0.2) is 0 Å². The van der Waals surface area contributed by atoms with Gasteiger partial charge in [-0.1, -0.05) is 6.92 Å². The minimum Gasteiger partial charge on any atom is -0.462 e. The molecule has 2 aliphatic carbocycles. The van der Waals surface area contributed by atoms with Crippen LogP contribution in [0.3, 0.4) is 0 Å². The van der Waals surface area contributed by atoms with Gasteiger partial charge in [0.2, 0.25) is 0 Å². The number of carbonyl (C=O) groups excluding carboxylic acids is 1. The molecule has 4 heteroatoms. The molecular formula is C18H29NO3.